The van der Waals surface area contributed by atoms with Crippen molar-refractivity contribution in [3.8, 4) is 5.75 Å². The first-order valence-electron chi connectivity index (χ1n) is 9.54. The number of anilines is 1. The fraction of sp³-hybridized carbons (Fsp3) is 0.650. The minimum absolute atomic E-state index is 0.167. The summed E-state index contributed by atoms with van der Waals surface area (Å²) in [5.74, 6) is 2.44. The molecule has 0 saturated carbocycles. The van der Waals surface area contributed by atoms with Crippen molar-refractivity contribution in [2.45, 2.75) is 45.8 Å². The molecule has 0 spiro atoms. The molecule has 1 atom stereocenters. The van der Waals surface area contributed by atoms with Gasteiger partial charge < -0.3 is 19.6 Å². The Bertz CT molecular complexity index is 674. The Kier molecular flexibility index (Phi) is 6.08. The summed E-state index contributed by atoms with van der Waals surface area (Å²) in [7, 11) is 0. The van der Waals surface area contributed by atoms with Crippen molar-refractivity contribution in [1.29, 1.82) is 0 Å². The van der Waals surface area contributed by atoms with Gasteiger partial charge in [-0.2, -0.15) is 11.8 Å². The standard InChI is InChI=1S/C20H29FN2O3S/c1-20(2,3)18-13-22(8-9-23(18)19(24)25)17-5-4-15(12-16(17)21)26-14-6-10-27-11-7-14/h4-5,12,14,18H,6-11,13H2,1-3H3,(H,24,25). The lowest BCUT2D eigenvalue weighted by Crippen LogP contribution is -2.59. The Labute approximate surface area is 164 Å². The molecule has 27 heavy (non-hydrogen) atoms. The van der Waals surface area contributed by atoms with E-state index in [2.05, 4.69) is 0 Å². The molecule has 3 rings (SSSR count). The van der Waals surface area contributed by atoms with Crippen LogP contribution in [-0.4, -0.2) is 59.4 Å². The Morgan fingerprint density at radius 1 is 1.26 bits per heavy atom. The molecule has 1 unspecified atom stereocenters. The molecule has 7 heteroatoms. The van der Waals surface area contributed by atoms with E-state index in [1.165, 1.54) is 11.0 Å². The van der Waals surface area contributed by atoms with Crippen LogP contribution in [0.1, 0.15) is 33.6 Å². The Balaban J connectivity index is 1.73. The van der Waals surface area contributed by atoms with Gasteiger partial charge in [0, 0.05) is 25.7 Å². The summed E-state index contributed by atoms with van der Waals surface area (Å²) < 4.78 is 20.8. The fourth-order valence-corrected chi connectivity index (χ4v) is 4.84. The largest absolute Gasteiger partial charge is 0.490 e. The molecule has 5 nitrogen and oxygen atoms in total. The monoisotopic (exact) mass is 396 g/mol. The number of thioether (sulfide) groups is 1. The zero-order chi connectivity index (χ0) is 19.6. The van der Waals surface area contributed by atoms with Gasteiger partial charge in [0.05, 0.1) is 11.7 Å². The predicted molar refractivity (Wildman–Crippen MR) is 108 cm³/mol. The van der Waals surface area contributed by atoms with E-state index < -0.39 is 6.09 Å². The van der Waals surface area contributed by atoms with Crippen molar-refractivity contribution in [2.75, 3.05) is 36.0 Å². The summed E-state index contributed by atoms with van der Waals surface area (Å²) in [5.41, 5.74) is 0.288. The molecule has 2 heterocycles. The van der Waals surface area contributed by atoms with Gasteiger partial charge in [0.25, 0.3) is 0 Å². The molecule has 2 fully saturated rings. The fourth-order valence-electron chi connectivity index (χ4n) is 3.78. The first kappa shape index (κ1) is 20.1. The van der Waals surface area contributed by atoms with Gasteiger partial charge in [-0.3, -0.25) is 0 Å². The maximum absolute atomic E-state index is 14.8. The molecule has 0 aromatic heterocycles. The molecule has 0 bridgehead atoms. The molecule has 1 amide bonds. The van der Waals surface area contributed by atoms with Gasteiger partial charge in [0.1, 0.15) is 17.7 Å². The highest BCUT2D eigenvalue weighted by atomic mass is 32.2. The van der Waals surface area contributed by atoms with Crippen molar-refractivity contribution < 1.29 is 19.0 Å². The second-order valence-electron chi connectivity index (χ2n) is 8.35. The summed E-state index contributed by atoms with van der Waals surface area (Å²) in [6.45, 7) is 7.39. The second-order valence-corrected chi connectivity index (χ2v) is 9.57. The van der Waals surface area contributed by atoms with Gasteiger partial charge >= 0.3 is 6.09 Å². The first-order valence-corrected chi connectivity index (χ1v) is 10.7. The first-order chi connectivity index (χ1) is 12.8. The SMILES string of the molecule is CC(C)(C)C1CN(c2ccc(OC3CCSCC3)cc2F)CCN1C(=O)O. The number of ether oxygens (including phenoxy) is 1. The van der Waals surface area contributed by atoms with Crippen LogP contribution >= 0.6 is 11.8 Å². The lowest BCUT2D eigenvalue weighted by atomic mass is 9.84. The van der Waals surface area contributed by atoms with E-state index in [9.17, 15) is 14.3 Å². The lowest BCUT2D eigenvalue weighted by molar-refractivity contribution is 0.0747. The van der Waals surface area contributed by atoms with Crippen LogP contribution in [0.15, 0.2) is 18.2 Å². The zero-order valence-electron chi connectivity index (χ0n) is 16.3. The third-order valence-corrected chi connectivity index (χ3v) is 6.41. The Morgan fingerprint density at radius 3 is 2.56 bits per heavy atom. The van der Waals surface area contributed by atoms with Crippen molar-refractivity contribution in [3.63, 3.8) is 0 Å². The zero-order valence-corrected chi connectivity index (χ0v) is 17.1. The average Bonchev–Trinajstić information content (AvgIpc) is 2.61. The van der Waals surface area contributed by atoms with E-state index in [0.717, 1.165) is 24.3 Å². The molecule has 0 aliphatic carbocycles. The summed E-state index contributed by atoms with van der Waals surface area (Å²) in [6, 6.07) is 4.86. The van der Waals surface area contributed by atoms with Crippen LogP contribution < -0.4 is 9.64 Å². The normalized spacial score (nSPS) is 22.0. The minimum atomic E-state index is -0.913. The number of piperazine rings is 1. The van der Waals surface area contributed by atoms with Gasteiger partial charge in [0.15, 0.2) is 0 Å². The second kappa shape index (κ2) is 8.17. The topological polar surface area (TPSA) is 53.0 Å². The van der Waals surface area contributed by atoms with Gasteiger partial charge in [0.2, 0.25) is 0 Å². The quantitative estimate of drug-likeness (QED) is 0.825. The molecule has 0 radical (unpaired) electrons. The molecule has 2 saturated heterocycles. The number of carboxylic acid groups (broad SMARTS) is 1. The highest BCUT2D eigenvalue weighted by Crippen LogP contribution is 2.32. The van der Waals surface area contributed by atoms with Crippen molar-refractivity contribution in [1.82, 2.24) is 4.90 Å². The summed E-state index contributed by atoms with van der Waals surface area (Å²) in [4.78, 5) is 15.0. The smallest absolute Gasteiger partial charge is 0.407 e. The van der Waals surface area contributed by atoms with E-state index in [4.69, 9.17) is 4.74 Å². The van der Waals surface area contributed by atoms with Crippen molar-refractivity contribution in [2.24, 2.45) is 5.41 Å². The van der Waals surface area contributed by atoms with Gasteiger partial charge in [-0.25, -0.2) is 9.18 Å². The highest BCUT2D eigenvalue weighted by Gasteiger charge is 2.38. The van der Waals surface area contributed by atoms with Crippen LogP contribution in [0.2, 0.25) is 0 Å². The molecular weight excluding hydrogens is 367 g/mol. The third kappa shape index (κ3) is 4.81. The van der Waals surface area contributed by atoms with Crippen molar-refractivity contribution >= 4 is 23.5 Å². The average molecular weight is 397 g/mol. The molecule has 1 aromatic carbocycles. The number of carbonyl (C=O) groups is 1. The number of amides is 1. The van der Waals surface area contributed by atoms with Crippen LogP contribution in [0.4, 0.5) is 14.9 Å². The van der Waals surface area contributed by atoms with E-state index in [0.29, 0.717) is 31.1 Å². The number of hydrogen-bond donors (Lipinski definition) is 1. The van der Waals surface area contributed by atoms with Crippen LogP contribution in [0.25, 0.3) is 0 Å². The van der Waals surface area contributed by atoms with E-state index in [1.807, 2.05) is 43.5 Å². The van der Waals surface area contributed by atoms with Crippen LogP contribution in [-0.2, 0) is 0 Å². The van der Waals surface area contributed by atoms with E-state index in [1.54, 1.807) is 6.07 Å². The summed E-state index contributed by atoms with van der Waals surface area (Å²) in [5, 5.41) is 9.49. The number of benzene rings is 1. The minimum Gasteiger partial charge on any atom is -0.490 e. The summed E-state index contributed by atoms with van der Waals surface area (Å²) >= 11 is 1.93. The van der Waals surface area contributed by atoms with Crippen LogP contribution in [0, 0.1) is 11.2 Å². The highest BCUT2D eigenvalue weighted by molar-refractivity contribution is 7.99. The molecule has 2 aliphatic rings. The molecule has 150 valence electrons. The third-order valence-electron chi connectivity index (χ3n) is 5.36. The maximum atomic E-state index is 14.8. The van der Waals surface area contributed by atoms with Crippen LogP contribution in [0.3, 0.4) is 0 Å². The van der Waals surface area contributed by atoms with Gasteiger partial charge in [-0.05, 0) is 41.9 Å². The number of halogens is 1. The summed E-state index contributed by atoms with van der Waals surface area (Å²) in [6.07, 6.45) is 1.25. The molecular formula is C20H29FN2O3S. The van der Waals surface area contributed by atoms with Crippen molar-refractivity contribution in [3.05, 3.63) is 24.0 Å². The molecule has 2 aliphatic heterocycles. The molecule has 1 aromatic rings. The Morgan fingerprint density at radius 2 is 1.96 bits per heavy atom. The number of hydrogen-bond acceptors (Lipinski definition) is 4. The number of nitrogens with zero attached hydrogens (tertiary/aromatic N) is 2. The van der Waals surface area contributed by atoms with Crippen LogP contribution in [0.5, 0.6) is 5.75 Å². The molecule has 1 N–H and O–H groups in total. The predicted octanol–water partition coefficient (Wildman–Crippen LogP) is 4.31. The van der Waals surface area contributed by atoms with E-state index >= 15 is 0 Å². The lowest BCUT2D eigenvalue weighted by Gasteiger charge is -2.46. The maximum Gasteiger partial charge on any atom is 0.407 e. The van der Waals surface area contributed by atoms with E-state index in [-0.39, 0.29) is 23.4 Å². The van der Waals surface area contributed by atoms with Gasteiger partial charge in [-0.15, -0.1) is 0 Å². The Hall–Kier alpha value is -1.63. The number of rotatable bonds is 3. The van der Waals surface area contributed by atoms with Gasteiger partial charge in [-0.1, -0.05) is 20.8 Å².